The highest BCUT2D eigenvalue weighted by molar-refractivity contribution is 7.92. The number of nitro groups is 1. The van der Waals surface area contributed by atoms with Gasteiger partial charge in [0.1, 0.15) is 12.6 Å². The highest BCUT2D eigenvalue weighted by Crippen LogP contribution is 2.28. The first kappa shape index (κ1) is 28.8. The van der Waals surface area contributed by atoms with Crippen molar-refractivity contribution >= 4 is 33.2 Å². The lowest BCUT2D eigenvalue weighted by molar-refractivity contribution is -0.384. The molecule has 0 aromatic heterocycles. The summed E-state index contributed by atoms with van der Waals surface area (Å²) in [5.41, 5.74) is 1.93. The minimum absolute atomic E-state index is 0.0379. The van der Waals surface area contributed by atoms with Crippen LogP contribution in [0.3, 0.4) is 0 Å². The van der Waals surface area contributed by atoms with E-state index in [-0.39, 0.29) is 23.8 Å². The van der Waals surface area contributed by atoms with Gasteiger partial charge in [0, 0.05) is 25.2 Å². The summed E-state index contributed by atoms with van der Waals surface area (Å²) in [6.45, 7) is 7.04. The molecule has 2 aromatic carbocycles. The van der Waals surface area contributed by atoms with Crippen molar-refractivity contribution in [3.63, 3.8) is 0 Å². The first-order valence-corrected chi connectivity index (χ1v) is 13.6. The fraction of sp³-hybridized carbons (Fsp3) is 0.440. The van der Waals surface area contributed by atoms with Crippen molar-refractivity contribution in [1.82, 2.24) is 10.2 Å². The number of non-ortho nitro benzene ring substituents is 1. The summed E-state index contributed by atoms with van der Waals surface area (Å²) < 4.78 is 26.3. The van der Waals surface area contributed by atoms with Crippen LogP contribution in [0.4, 0.5) is 11.4 Å². The molecule has 0 saturated heterocycles. The molecule has 10 nitrogen and oxygen atoms in total. The van der Waals surface area contributed by atoms with Crippen molar-refractivity contribution < 1.29 is 22.9 Å². The minimum Gasteiger partial charge on any atom is -0.354 e. The summed E-state index contributed by atoms with van der Waals surface area (Å²) in [7, 11) is -3.99. The van der Waals surface area contributed by atoms with Crippen molar-refractivity contribution in [1.29, 1.82) is 0 Å². The minimum atomic E-state index is -3.99. The van der Waals surface area contributed by atoms with Crippen LogP contribution in [0, 0.1) is 24.0 Å². The number of carbonyl (C=O) groups is 2. The van der Waals surface area contributed by atoms with Crippen molar-refractivity contribution in [2.45, 2.75) is 53.1 Å². The van der Waals surface area contributed by atoms with Gasteiger partial charge in [-0.05, 0) is 43.9 Å². The average molecular weight is 519 g/mol. The Labute approximate surface area is 212 Å². The van der Waals surface area contributed by atoms with Gasteiger partial charge in [0.05, 0.1) is 16.9 Å². The Balaban J connectivity index is 2.46. The maximum atomic E-state index is 13.6. The summed E-state index contributed by atoms with van der Waals surface area (Å²) >= 11 is 0. The van der Waals surface area contributed by atoms with E-state index in [1.807, 2.05) is 38.1 Å². The standard InChI is InChI=1S/C25H34N4O6S/c1-6-7-14-26-25(31)20(4)27(16-21-11-9-8-10-18(21)2)24(30)17-28(36(5,34)35)23-15-22(29(32)33)13-12-19(23)3/h8-13,15,20H,6-7,14,16-17H2,1-5H3,(H,26,31)/t20-/m1/s1. The Morgan fingerprint density at radius 2 is 1.78 bits per heavy atom. The molecule has 0 radical (unpaired) electrons. The van der Waals surface area contributed by atoms with Gasteiger partial charge in [0.25, 0.3) is 5.69 Å². The molecule has 2 amide bonds. The van der Waals surface area contributed by atoms with Gasteiger partial charge in [-0.15, -0.1) is 0 Å². The Bertz CT molecular complexity index is 1210. The van der Waals surface area contributed by atoms with Crippen LogP contribution in [-0.2, 0) is 26.2 Å². The van der Waals surface area contributed by atoms with Crippen LogP contribution in [0.25, 0.3) is 0 Å². The third kappa shape index (κ3) is 7.51. The fourth-order valence-corrected chi connectivity index (χ4v) is 4.56. The molecule has 0 saturated carbocycles. The molecule has 0 aliphatic rings. The Morgan fingerprint density at radius 1 is 1.11 bits per heavy atom. The summed E-state index contributed by atoms with van der Waals surface area (Å²) in [6, 6.07) is 10.4. The first-order valence-electron chi connectivity index (χ1n) is 11.7. The lowest BCUT2D eigenvalue weighted by atomic mass is 10.1. The molecule has 2 aromatic rings. The third-order valence-electron chi connectivity index (χ3n) is 5.95. The van der Waals surface area contributed by atoms with E-state index in [1.54, 1.807) is 13.8 Å². The first-order chi connectivity index (χ1) is 16.9. The number of rotatable bonds is 12. The number of aryl methyl sites for hydroxylation is 2. The van der Waals surface area contributed by atoms with Crippen molar-refractivity contribution in [3.8, 4) is 0 Å². The predicted octanol–water partition coefficient (Wildman–Crippen LogP) is 3.31. The molecule has 11 heteroatoms. The molecule has 196 valence electrons. The van der Waals surface area contributed by atoms with E-state index in [2.05, 4.69) is 5.32 Å². The number of nitro benzene ring substituents is 1. The highest BCUT2D eigenvalue weighted by Gasteiger charge is 2.31. The van der Waals surface area contributed by atoms with E-state index in [0.717, 1.165) is 40.6 Å². The number of hydrogen-bond acceptors (Lipinski definition) is 6. The van der Waals surface area contributed by atoms with Gasteiger partial charge in [-0.25, -0.2) is 8.42 Å². The number of sulfonamides is 1. The van der Waals surface area contributed by atoms with E-state index in [0.29, 0.717) is 12.1 Å². The normalized spacial score (nSPS) is 12.0. The quantitative estimate of drug-likeness (QED) is 0.261. The second kappa shape index (κ2) is 12.5. The van der Waals surface area contributed by atoms with Crippen LogP contribution in [0.2, 0.25) is 0 Å². The monoisotopic (exact) mass is 518 g/mol. The van der Waals surface area contributed by atoms with E-state index in [9.17, 15) is 28.1 Å². The SMILES string of the molecule is CCCCNC(=O)[C@@H](C)N(Cc1ccccc1C)C(=O)CN(c1cc([N+](=O)[O-])ccc1C)S(C)(=O)=O. The Hall–Kier alpha value is -3.47. The zero-order chi connectivity index (χ0) is 27.0. The van der Waals surface area contributed by atoms with Crippen LogP contribution in [-0.4, -0.2) is 55.4 Å². The number of nitrogens with one attached hydrogen (secondary N) is 1. The van der Waals surface area contributed by atoms with Gasteiger partial charge < -0.3 is 10.2 Å². The van der Waals surface area contributed by atoms with Gasteiger partial charge in [-0.1, -0.05) is 43.7 Å². The van der Waals surface area contributed by atoms with Crippen LogP contribution in [0.1, 0.15) is 43.4 Å². The Kier molecular flexibility index (Phi) is 9.97. The van der Waals surface area contributed by atoms with E-state index in [1.165, 1.54) is 17.0 Å². The predicted molar refractivity (Wildman–Crippen MR) is 139 cm³/mol. The number of unbranched alkanes of at least 4 members (excludes halogenated alkanes) is 1. The second-order valence-electron chi connectivity index (χ2n) is 8.77. The molecular weight excluding hydrogens is 484 g/mol. The molecule has 0 fully saturated rings. The number of benzene rings is 2. The summed E-state index contributed by atoms with van der Waals surface area (Å²) in [5, 5.41) is 14.1. The molecule has 0 heterocycles. The molecule has 2 rings (SSSR count). The zero-order valence-electron chi connectivity index (χ0n) is 21.4. The summed E-state index contributed by atoms with van der Waals surface area (Å²) in [6.07, 6.45) is 2.62. The van der Waals surface area contributed by atoms with Crippen LogP contribution in [0.5, 0.6) is 0 Å². The van der Waals surface area contributed by atoms with Crippen LogP contribution < -0.4 is 9.62 Å². The smallest absolute Gasteiger partial charge is 0.271 e. The Morgan fingerprint density at radius 3 is 2.36 bits per heavy atom. The zero-order valence-corrected chi connectivity index (χ0v) is 22.2. The number of carbonyl (C=O) groups excluding carboxylic acids is 2. The number of amides is 2. The van der Waals surface area contributed by atoms with E-state index >= 15 is 0 Å². The van der Waals surface area contributed by atoms with Crippen molar-refractivity contribution in [3.05, 3.63) is 69.3 Å². The topological polar surface area (TPSA) is 130 Å². The fourth-order valence-electron chi connectivity index (χ4n) is 3.66. The summed E-state index contributed by atoms with van der Waals surface area (Å²) in [4.78, 5) is 38.5. The lowest BCUT2D eigenvalue weighted by Gasteiger charge is -2.32. The highest BCUT2D eigenvalue weighted by atomic mass is 32.2. The molecule has 0 aliphatic carbocycles. The largest absolute Gasteiger partial charge is 0.354 e. The molecule has 36 heavy (non-hydrogen) atoms. The molecular formula is C25H34N4O6S. The van der Waals surface area contributed by atoms with Gasteiger partial charge in [-0.2, -0.15) is 0 Å². The third-order valence-corrected chi connectivity index (χ3v) is 7.08. The molecule has 1 N–H and O–H groups in total. The summed E-state index contributed by atoms with van der Waals surface area (Å²) in [5.74, 6) is -0.949. The van der Waals surface area contributed by atoms with Crippen LogP contribution in [0.15, 0.2) is 42.5 Å². The van der Waals surface area contributed by atoms with E-state index in [4.69, 9.17) is 0 Å². The number of anilines is 1. The van der Waals surface area contributed by atoms with Gasteiger partial charge in [0.2, 0.25) is 21.8 Å². The van der Waals surface area contributed by atoms with Gasteiger partial charge in [-0.3, -0.25) is 24.0 Å². The molecule has 0 aliphatic heterocycles. The van der Waals surface area contributed by atoms with Crippen molar-refractivity contribution in [2.75, 3.05) is 23.7 Å². The maximum Gasteiger partial charge on any atom is 0.271 e. The number of nitrogens with zero attached hydrogens (tertiary/aromatic N) is 3. The van der Waals surface area contributed by atoms with E-state index < -0.39 is 33.4 Å². The molecule has 1 atom stereocenters. The molecule has 0 unspecified atom stereocenters. The van der Waals surface area contributed by atoms with Crippen LogP contribution >= 0.6 is 0 Å². The maximum absolute atomic E-state index is 13.6. The lowest BCUT2D eigenvalue weighted by Crippen LogP contribution is -2.51. The number of hydrogen-bond donors (Lipinski definition) is 1. The van der Waals surface area contributed by atoms with Gasteiger partial charge in [0.15, 0.2) is 0 Å². The van der Waals surface area contributed by atoms with Gasteiger partial charge >= 0.3 is 0 Å². The molecule has 0 spiro atoms. The average Bonchev–Trinajstić information content (AvgIpc) is 2.81. The second-order valence-corrected chi connectivity index (χ2v) is 10.7. The van der Waals surface area contributed by atoms with Crippen molar-refractivity contribution in [2.24, 2.45) is 0 Å². The molecule has 0 bridgehead atoms.